The van der Waals surface area contributed by atoms with Gasteiger partial charge >= 0.3 is 0 Å². The number of hydrogen-bond acceptors (Lipinski definition) is 3. The van der Waals surface area contributed by atoms with Gasteiger partial charge in [-0.3, -0.25) is 4.79 Å². The van der Waals surface area contributed by atoms with E-state index >= 15 is 0 Å². The molecule has 0 fully saturated rings. The first-order valence-electron chi connectivity index (χ1n) is 8.23. The molecular formula is C20H26N2O2. The summed E-state index contributed by atoms with van der Waals surface area (Å²) >= 11 is 0. The monoisotopic (exact) mass is 326 g/mol. The van der Waals surface area contributed by atoms with Crippen molar-refractivity contribution in [1.82, 2.24) is 0 Å². The Morgan fingerprint density at radius 2 is 1.79 bits per heavy atom. The van der Waals surface area contributed by atoms with Crippen molar-refractivity contribution >= 4 is 17.3 Å². The van der Waals surface area contributed by atoms with E-state index in [2.05, 4.69) is 18.3 Å². The van der Waals surface area contributed by atoms with Gasteiger partial charge in [0.25, 0.3) is 0 Å². The minimum Gasteiger partial charge on any atom is -0.493 e. The van der Waals surface area contributed by atoms with E-state index in [9.17, 15) is 4.79 Å². The highest BCUT2D eigenvalue weighted by Gasteiger charge is 2.04. The zero-order valence-electron chi connectivity index (χ0n) is 14.9. The van der Waals surface area contributed by atoms with Gasteiger partial charge in [0, 0.05) is 31.9 Å². The van der Waals surface area contributed by atoms with Gasteiger partial charge in [0.15, 0.2) is 0 Å². The molecule has 0 aliphatic heterocycles. The van der Waals surface area contributed by atoms with Crippen LogP contribution in [0.15, 0.2) is 42.5 Å². The van der Waals surface area contributed by atoms with E-state index in [1.54, 1.807) is 0 Å². The van der Waals surface area contributed by atoms with Crippen molar-refractivity contribution in [3.05, 3.63) is 53.6 Å². The van der Waals surface area contributed by atoms with Crippen molar-refractivity contribution in [2.45, 2.75) is 26.7 Å². The molecule has 0 aromatic heterocycles. The number of anilines is 2. The molecule has 0 bridgehead atoms. The van der Waals surface area contributed by atoms with E-state index in [4.69, 9.17) is 4.74 Å². The van der Waals surface area contributed by atoms with Gasteiger partial charge in [0.2, 0.25) is 5.91 Å². The zero-order chi connectivity index (χ0) is 17.5. The van der Waals surface area contributed by atoms with Crippen molar-refractivity contribution in [3.8, 4) is 5.75 Å². The molecule has 4 heteroatoms. The van der Waals surface area contributed by atoms with E-state index in [-0.39, 0.29) is 5.91 Å². The fourth-order valence-electron chi connectivity index (χ4n) is 2.44. The van der Waals surface area contributed by atoms with Crippen LogP contribution in [0.25, 0.3) is 0 Å². The molecule has 0 saturated heterocycles. The first-order valence-corrected chi connectivity index (χ1v) is 8.23. The van der Waals surface area contributed by atoms with Crippen LogP contribution in [0.2, 0.25) is 0 Å². The molecule has 1 N–H and O–H groups in total. The van der Waals surface area contributed by atoms with Crippen LogP contribution in [-0.2, 0) is 4.79 Å². The van der Waals surface area contributed by atoms with E-state index in [1.165, 1.54) is 5.56 Å². The van der Waals surface area contributed by atoms with Crippen LogP contribution in [0, 0.1) is 13.8 Å². The number of rotatable bonds is 7. The summed E-state index contributed by atoms with van der Waals surface area (Å²) in [5.74, 6) is 0.900. The lowest BCUT2D eigenvalue weighted by Gasteiger charge is -2.13. The molecule has 4 nitrogen and oxygen atoms in total. The molecule has 0 radical (unpaired) electrons. The Kier molecular flexibility index (Phi) is 6.24. The number of amides is 1. The Labute approximate surface area is 144 Å². The van der Waals surface area contributed by atoms with Crippen molar-refractivity contribution in [2.75, 3.05) is 30.9 Å². The Hall–Kier alpha value is -2.49. The lowest BCUT2D eigenvalue weighted by Crippen LogP contribution is -2.13. The second-order valence-corrected chi connectivity index (χ2v) is 6.21. The average molecular weight is 326 g/mol. The van der Waals surface area contributed by atoms with Crippen molar-refractivity contribution in [1.29, 1.82) is 0 Å². The van der Waals surface area contributed by atoms with E-state index in [1.807, 2.05) is 62.3 Å². The second-order valence-electron chi connectivity index (χ2n) is 6.21. The Morgan fingerprint density at radius 1 is 1.08 bits per heavy atom. The summed E-state index contributed by atoms with van der Waals surface area (Å²) in [6.07, 6.45) is 1.13. The predicted molar refractivity (Wildman–Crippen MR) is 100 cm³/mol. The Morgan fingerprint density at radius 3 is 2.42 bits per heavy atom. The molecule has 2 rings (SSSR count). The molecule has 1 amide bonds. The minimum atomic E-state index is 0.0110. The molecule has 0 aliphatic carbocycles. The van der Waals surface area contributed by atoms with E-state index in [0.717, 1.165) is 22.7 Å². The molecule has 0 spiro atoms. The van der Waals surface area contributed by atoms with Crippen molar-refractivity contribution in [3.63, 3.8) is 0 Å². The van der Waals surface area contributed by atoms with Gasteiger partial charge in [-0.25, -0.2) is 0 Å². The van der Waals surface area contributed by atoms with Crippen LogP contribution in [-0.4, -0.2) is 26.6 Å². The highest BCUT2D eigenvalue weighted by atomic mass is 16.5. The fraction of sp³-hybridized carbons (Fsp3) is 0.350. The van der Waals surface area contributed by atoms with Crippen LogP contribution >= 0.6 is 0 Å². The highest BCUT2D eigenvalue weighted by Crippen LogP contribution is 2.19. The number of ether oxygens (including phenoxy) is 1. The molecule has 128 valence electrons. The summed E-state index contributed by atoms with van der Waals surface area (Å²) in [6, 6.07) is 13.9. The third-order valence-electron chi connectivity index (χ3n) is 3.80. The highest BCUT2D eigenvalue weighted by molar-refractivity contribution is 5.90. The largest absolute Gasteiger partial charge is 0.493 e. The molecular weight excluding hydrogens is 300 g/mol. The summed E-state index contributed by atoms with van der Waals surface area (Å²) in [5.41, 5.74) is 4.27. The Bertz CT molecular complexity index is 679. The lowest BCUT2D eigenvalue weighted by atomic mass is 10.1. The number of benzene rings is 2. The number of carbonyl (C=O) groups excluding carboxylic acids is 1. The van der Waals surface area contributed by atoms with Crippen LogP contribution in [0.4, 0.5) is 11.4 Å². The molecule has 0 aliphatic rings. The van der Waals surface area contributed by atoms with Crippen LogP contribution < -0.4 is 15.0 Å². The summed E-state index contributed by atoms with van der Waals surface area (Å²) in [4.78, 5) is 14.0. The van der Waals surface area contributed by atoms with Gasteiger partial charge < -0.3 is 15.0 Å². The summed E-state index contributed by atoms with van der Waals surface area (Å²) in [5, 5.41) is 2.91. The number of hydrogen-bond donors (Lipinski definition) is 1. The summed E-state index contributed by atoms with van der Waals surface area (Å²) < 4.78 is 5.75. The summed E-state index contributed by atoms with van der Waals surface area (Å²) in [6.45, 7) is 4.63. The average Bonchev–Trinajstić information content (AvgIpc) is 2.53. The fourth-order valence-corrected chi connectivity index (χ4v) is 2.44. The van der Waals surface area contributed by atoms with Gasteiger partial charge in [-0.15, -0.1) is 0 Å². The first kappa shape index (κ1) is 17.9. The smallest absolute Gasteiger partial charge is 0.224 e. The number of nitrogens with one attached hydrogen (secondary N) is 1. The molecule has 24 heavy (non-hydrogen) atoms. The quantitative estimate of drug-likeness (QED) is 0.777. The molecule has 0 saturated carbocycles. The van der Waals surface area contributed by atoms with Crippen LogP contribution in [0.5, 0.6) is 5.75 Å². The summed E-state index contributed by atoms with van der Waals surface area (Å²) in [7, 11) is 3.98. The number of carbonyl (C=O) groups is 1. The predicted octanol–water partition coefficient (Wildman–Crippen LogP) is 4.17. The van der Waals surface area contributed by atoms with Gasteiger partial charge in [0.05, 0.1) is 6.61 Å². The maximum absolute atomic E-state index is 12.0. The zero-order valence-corrected chi connectivity index (χ0v) is 14.9. The van der Waals surface area contributed by atoms with E-state index in [0.29, 0.717) is 19.4 Å². The number of aryl methyl sites for hydroxylation is 2. The van der Waals surface area contributed by atoms with Gasteiger partial charge in [-0.05, 0) is 56.2 Å². The van der Waals surface area contributed by atoms with Crippen LogP contribution in [0.3, 0.4) is 0 Å². The topological polar surface area (TPSA) is 41.6 Å². The SMILES string of the molecule is Cc1ccc(OCCCC(=O)Nc2ccc(N(C)C)cc2)c(C)c1. The standard InChI is InChI=1S/C20H26N2O2/c1-15-7-12-19(16(2)14-15)24-13-5-6-20(23)21-17-8-10-18(11-9-17)22(3)4/h7-12,14H,5-6,13H2,1-4H3,(H,21,23). The van der Waals surface area contributed by atoms with Gasteiger partial charge in [-0.2, -0.15) is 0 Å². The molecule has 0 atom stereocenters. The van der Waals surface area contributed by atoms with Gasteiger partial charge in [-0.1, -0.05) is 17.7 Å². The van der Waals surface area contributed by atoms with Gasteiger partial charge in [0.1, 0.15) is 5.75 Å². The maximum Gasteiger partial charge on any atom is 0.224 e. The normalized spacial score (nSPS) is 10.3. The Balaban J connectivity index is 1.73. The van der Waals surface area contributed by atoms with E-state index < -0.39 is 0 Å². The molecule has 0 heterocycles. The third kappa shape index (κ3) is 5.30. The number of nitrogens with zero attached hydrogens (tertiary/aromatic N) is 1. The maximum atomic E-state index is 12.0. The van der Waals surface area contributed by atoms with Crippen molar-refractivity contribution in [2.24, 2.45) is 0 Å². The first-order chi connectivity index (χ1) is 11.5. The molecule has 2 aromatic rings. The third-order valence-corrected chi connectivity index (χ3v) is 3.80. The molecule has 2 aromatic carbocycles. The lowest BCUT2D eigenvalue weighted by molar-refractivity contribution is -0.116. The van der Waals surface area contributed by atoms with Crippen LogP contribution in [0.1, 0.15) is 24.0 Å². The molecule has 0 unspecified atom stereocenters. The van der Waals surface area contributed by atoms with Crippen molar-refractivity contribution < 1.29 is 9.53 Å². The second kappa shape index (κ2) is 8.39. The minimum absolute atomic E-state index is 0.0110.